The summed E-state index contributed by atoms with van der Waals surface area (Å²) in [5.41, 5.74) is 0.784. The quantitative estimate of drug-likeness (QED) is 0.632. The predicted octanol–water partition coefficient (Wildman–Crippen LogP) is 1.80. The highest BCUT2D eigenvalue weighted by Crippen LogP contribution is 2.15. The smallest absolute Gasteiger partial charge is 0.326 e. The Morgan fingerprint density at radius 2 is 1.72 bits per heavy atom. The summed E-state index contributed by atoms with van der Waals surface area (Å²) in [5.74, 6) is -2.06. The lowest BCUT2D eigenvalue weighted by atomic mass is 10.0. The molecular weight excluding hydrogens is 372 g/mol. The summed E-state index contributed by atoms with van der Waals surface area (Å²) in [6.07, 6.45) is 0.171. The second kappa shape index (κ2) is 8.64. The topological polar surface area (TPSA) is 114 Å². The second-order valence-electron chi connectivity index (χ2n) is 7.13. The van der Waals surface area contributed by atoms with E-state index in [1.54, 1.807) is 38.1 Å². The number of nitrogens with one attached hydrogen (secondary N) is 1. The van der Waals surface area contributed by atoms with Gasteiger partial charge in [0.05, 0.1) is 5.39 Å². The van der Waals surface area contributed by atoms with Crippen molar-refractivity contribution in [1.29, 1.82) is 0 Å². The molecule has 0 bridgehead atoms. The van der Waals surface area contributed by atoms with Gasteiger partial charge < -0.3 is 10.4 Å². The molecule has 0 spiro atoms. The molecule has 0 saturated heterocycles. The molecule has 0 saturated carbocycles. The Bertz CT molecular complexity index is 1080. The van der Waals surface area contributed by atoms with E-state index in [0.29, 0.717) is 10.9 Å². The van der Waals surface area contributed by atoms with Gasteiger partial charge >= 0.3 is 5.97 Å². The Balaban J connectivity index is 2.04. The van der Waals surface area contributed by atoms with Crippen molar-refractivity contribution in [2.45, 2.75) is 32.4 Å². The Hall–Kier alpha value is -3.55. The van der Waals surface area contributed by atoms with E-state index < -0.39 is 29.5 Å². The Morgan fingerprint density at radius 1 is 1.07 bits per heavy atom. The largest absolute Gasteiger partial charge is 0.480 e. The molecule has 2 unspecified atom stereocenters. The molecule has 2 N–H and O–H groups in total. The number of fused-ring (bicyclic) bond motifs is 1. The number of carbonyl (C=O) groups is 2. The summed E-state index contributed by atoms with van der Waals surface area (Å²) in [7, 11) is 0. The van der Waals surface area contributed by atoms with Gasteiger partial charge in [-0.2, -0.15) is 4.68 Å². The maximum atomic E-state index is 13.1. The van der Waals surface area contributed by atoms with Gasteiger partial charge in [0, 0.05) is 6.42 Å². The lowest BCUT2D eigenvalue weighted by Crippen LogP contribution is -2.49. The van der Waals surface area contributed by atoms with Crippen LogP contribution in [-0.4, -0.2) is 38.0 Å². The molecule has 0 fully saturated rings. The first-order valence-corrected chi connectivity index (χ1v) is 9.30. The van der Waals surface area contributed by atoms with Crippen molar-refractivity contribution in [2.75, 3.05) is 0 Å². The fourth-order valence-electron chi connectivity index (χ4n) is 3.10. The standard InChI is InChI=1S/C21H22N4O4/c1-13(2)18(21(28)29)22-19(26)17(12-14-8-4-3-5-9-14)25-20(27)15-10-6-7-11-16(15)23-24-25/h3-11,13,17-18H,12H2,1-2H3,(H,22,26)(H,28,29). The summed E-state index contributed by atoms with van der Waals surface area (Å²) in [6.45, 7) is 3.40. The first kappa shape index (κ1) is 20.2. The summed E-state index contributed by atoms with van der Waals surface area (Å²) in [6, 6.07) is 13.8. The number of rotatable bonds is 7. The minimum Gasteiger partial charge on any atom is -0.480 e. The number of carboxylic acid groups (broad SMARTS) is 1. The fourth-order valence-corrected chi connectivity index (χ4v) is 3.10. The van der Waals surface area contributed by atoms with Gasteiger partial charge in [-0.1, -0.05) is 61.5 Å². The highest BCUT2D eigenvalue weighted by molar-refractivity contribution is 5.86. The molecule has 8 heteroatoms. The molecular formula is C21H22N4O4. The van der Waals surface area contributed by atoms with Crippen LogP contribution in [0.3, 0.4) is 0 Å². The van der Waals surface area contributed by atoms with Gasteiger partial charge in [0.2, 0.25) is 5.91 Å². The van der Waals surface area contributed by atoms with E-state index in [2.05, 4.69) is 15.6 Å². The third-order valence-corrected chi connectivity index (χ3v) is 4.69. The highest BCUT2D eigenvalue weighted by Gasteiger charge is 2.30. The number of hydrogen-bond donors (Lipinski definition) is 2. The van der Waals surface area contributed by atoms with E-state index in [-0.39, 0.29) is 12.3 Å². The van der Waals surface area contributed by atoms with Crippen molar-refractivity contribution < 1.29 is 14.7 Å². The van der Waals surface area contributed by atoms with Gasteiger partial charge in [0.1, 0.15) is 17.6 Å². The van der Waals surface area contributed by atoms with Crippen LogP contribution in [0.15, 0.2) is 59.4 Å². The van der Waals surface area contributed by atoms with Crippen molar-refractivity contribution in [3.63, 3.8) is 0 Å². The SMILES string of the molecule is CC(C)C(NC(=O)C(Cc1ccccc1)n1nnc2ccccc2c1=O)C(=O)O. The molecule has 3 rings (SSSR count). The molecule has 1 amide bonds. The summed E-state index contributed by atoms with van der Waals surface area (Å²) >= 11 is 0. The van der Waals surface area contributed by atoms with E-state index >= 15 is 0 Å². The fraction of sp³-hybridized carbons (Fsp3) is 0.286. The van der Waals surface area contributed by atoms with Crippen LogP contribution in [0.1, 0.15) is 25.5 Å². The van der Waals surface area contributed by atoms with Crippen molar-refractivity contribution in [1.82, 2.24) is 20.3 Å². The Labute approximate surface area is 167 Å². The lowest BCUT2D eigenvalue weighted by molar-refractivity contribution is -0.143. The van der Waals surface area contributed by atoms with Crippen LogP contribution in [-0.2, 0) is 16.0 Å². The highest BCUT2D eigenvalue weighted by atomic mass is 16.4. The van der Waals surface area contributed by atoms with Crippen molar-refractivity contribution in [3.8, 4) is 0 Å². The van der Waals surface area contributed by atoms with Gasteiger partial charge in [0.15, 0.2) is 0 Å². The van der Waals surface area contributed by atoms with Crippen LogP contribution in [0, 0.1) is 5.92 Å². The molecule has 1 aromatic heterocycles. The molecule has 0 aliphatic rings. The van der Waals surface area contributed by atoms with E-state index in [0.717, 1.165) is 10.2 Å². The molecule has 1 heterocycles. The zero-order chi connectivity index (χ0) is 21.0. The van der Waals surface area contributed by atoms with Gasteiger partial charge in [-0.05, 0) is 23.6 Å². The summed E-state index contributed by atoms with van der Waals surface area (Å²) < 4.78 is 1.03. The number of carboxylic acids is 1. The van der Waals surface area contributed by atoms with Crippen LogP contribution in [0.5, 0.6) is 0 Å². The first-order valence-electron chi connectivity index (χ1n) is 9.30. The number of benzene rings is 2. The lowest BCUT2D eigenvalue weighted by Gasteiger charge is -2.23. The number of carbonyl (C=O) groups excluding carboxylic acids is 1. The maximum absolute atomic E-state index is 13.1. The number of amides is 1. The summed E-state index contributed by atoms with van der Waals surface area (Å²) in [5, 5.41) is 20.3. The number of aliphatic carboxylic acids is 1. The average molecular weight is 394 g/mol. The molecule has 0 aliphatic heterocycles. The molecule has 29 heavy (non-hydrogen) atoms. The minimum atomic E-state index is -1.14. The average Bonchev–Trinajstić information content (AvgIpc) is 2.71. The first-order chi connectivity index (χ1) is 13.9. The molecule has 2 aromatic carbocycles. The van der Waals surface area contributed by atoms with Crippen molar-refractivity contribution in [2.24, 2.45) is 5.92 Å². The van der Waals surface area contributed by atoms with Crippen LogP contribution < -0.4 is 10.9 Å². The third kappa shape index (κ3) is 4.48. The van der Waals surface area contributed by atoms with E-state index in [4.69, 9.17) is 0 Å². The zero-order valence-corrected chi connectivity index (χ0v) is 16.1. The van der Waals surface area contributed by atoms with Crippen LogP contribution in [0.2, 0.25) is 0 Å². The van der Waals surface area contributed by atoms with Crippen molar-refractivity contribution >= 4 is 22.8 Å². The van der Waals surface area contributed by atoms with Gasteiger partial charge in [-0.15, -0.1) is 5.10 Å². The van der Waals surface area contributed by atoms with E-state index in [1.807, 2.05) is 30.3 Å². The zero-order valence-electron chi connectivity index (χ0n) is 16.1. The maximum Gasteiger partial charge on any atom is 0.326 e. The van der Waals surface area contributed by atoms with Gasteiger partial charge in [0.25, 0.3) is 5.56 Å². The molecule has 3 aromatic rings. The minimum absolute atomic E-state index is 0.171. The Morgan fingerprint density at radius 3 is 2.38 bits per heavy atom. The number of aromatic nitrogens is 3. The molecule has 8 nitrogen and oxygen atoms in total. The number of hydrogen-bond acceptors (Lipinski definition) is 5. The van der Waals surface area contributed by atoms with Gasteiger partial charge in [-0.3, -0.25) is 9.59 Å². The predicted molar refractivity (Wildman–Crippen MR) is 107 cm³/mol. The molecule has 150 valence electrons. The third-order valence-electron chi connectivity index (χ3n) is 4.69. The number of nitrogens with zero attached hydrogens (tertiary/aromatic N) is 3. The summed E-state index contributed by atoms with van der Waals surface area (Å²) in [4.78, 5) is 37.6. The Kier molecular flexibility index (Phi) is 6.01. The van der Waals surface area contributed by atoms with Crippen molar-refractivity contribution in [3.05, 3.63) is 70.5 Å². The second-order valence-corrected chi connectivity index (χ2v) is 7.13. The van der Waals surface area contributed by atoms with E-state index in [1.165, 1.54) is 0 Å². The van der Waals surface area contributed by atoms with Gasteiger partial charge in [-0.25, -0.2) is 4.79 Å². The van der Waals surface area contributed by atoms with Crippen LogP contribution >= 0.6 is 0 Å². The molecule has 0 aliphatic carbocycles. The van der Waals surface area contributed by atoms with Crippen LogP contribution in [0.4, 0.5) is 0 Å². The van der Waals surface area contributed by atoms with Crippen LogP contribution in [0.25, 0.3) is 10.9 Å². The molecule has 0 radical (unpaired) electrons. The normalized spacial score (nSPS) is 13.2. The monoisotopic (exact) mass is 394 g/mol. The van der Waals surface area contributed by atoms with E-state index in [9.17, 15) is 19.5 Å². The molecule has 2 atom stereocenters.